The van der Waals surface area contributed by atoms with Crippen molar-refractivity contribution in [3.8, 4) is 11.1 Å². The largest absolute Gasteiger partial charge is 0.384 e. The van der Waals surface area contributed by atoms with Gasteiger partial charge in [-0.15, -0.1) is 0 Å². The van der Waals surface area contributed by atoms with Crippen LogP contribution in [0.15, 0.2) is 42.5 Å². The van der Waals surface area contributed by atoms with Crippen molar-refractivity contribution in [3.05, 3.63) is 59.2 Å². The summed E-state index contributed by atoms with van der Waals surface area (Å²) in [6.07, 6.45) is 0.969. The number of rotatable bonds is 4. The van der Waals surface area contributed by atoms with Crippen molar-refractivity contribution in [1.82, 2.24) is 5.32 Å². The minimum Gasteiger partial charge on any atom is -0.384 e. The molecule has 1 aliphatic carbocycles. The van der Waals surface area contributed by atoms with Gasteiger partial charge < -0.3 is 10.4 Å². The highest BCUT2D eigenvalue weighted by Crippen LogP contribution is 2.38. The molecule has 2 N–H and O–H groups in total. The zero-order valence-electron chi connectivity index (χ0n) is 12.1. The Morgan fingerprint density at radius 3 is 2.65 bits per heavy atom. The van der Waals surface area contributed by atoms with E-state index in [2.05, 4.69) is 54.7 Å². The van der Waals surface area contributed by atoms with Crippen molar-refractivity contribution < 1.29 is 5.11 Å². The van der Waals surface area contributed by atoms with Crippen LogP contribution in [0.2, 0.25) is 0 Å². The summed E-state index contributed by atoms with van der Waals surface area (Å²) in [6.45, 7) is 5.37. The molecule has 104 valence electrons. The standard InChI is InChI=1S/C18H21NO/c1-3-19-12-18(2,20)15-8-9-17-14(11-15)10-13-6-4-5-7-16(13)17/h4-9,11,19-20H,3,10,12H2,1-2H3. The molecule has 0 bridgehead atoms. The molecule has 0 fully saturated rings. The fourth-order valence-corrected chi connectivity index (χ4v) is 2.95. The molecule has 2 heteroatoms. The maximum Gasteiger partial charge on any atom is 0.0992 e. The van der Waals surface area contributed by atoms with Crippen molar-refractivity contribution in [2.45, 2.75) is 25.9 Å². The van der Waals surface area contributed by atoms with E-state index in [9.17, 15) is 5.11 Å². The van der Waals surface area contributed by atoms with Crippen LogP contribution < -0.4 is 5.32 Å². The van der Waals surface area contributed by atoms with Crippen molar-refractivity contribution in [2.75, 3.05) is 13.1 Å². The topological polar surface area (TPSA) is 32.3 Å². The maximum atomic E-state index is 10.6. The molecule has 20 heavy (non-hydrogen) atoms. The number of likely N-dealkylation sites (N-methyl/N-ethyl adjacent to an activating group) is 1. The van der Waals surface area contributed by atoms with Gasteiger partial charge in [0.05, 0.1) is 5.60 Å². The lowest BCUT2D eigenvalue weighted by molar-refractivity contribution is 0.0576. The number of fused-ring (bicyclic) bond motifs is 3. The van der Waals surface area contributed by atoms with Gasteiger partial charge in [-0.3, -0.25) is 0 Å². The molecule has 2 nitrogen and oxygen atoms in total. The number of nitrogens with one attached hydrogen (secondary N) is 1. The predicted octanol–water partition coefficient (Wildman–Crippen LogP) is 3.07. The Morgan fingerprint density at radius 2 is 1.85 bits per heavy atom. The van der Waals surface area contributed by atoms with Crippen LogP contribution in [0.4, 0.5) is 0 Å². The molecule has 1 atom stereocenters. The monoisotopic (exact) mass is 267 g/mol. The molecule has 0 heterocycles. The highest BCUT2D eigenvalue weighted by atomic mass is 16.3. The van der Waals surface area contributed by atoms with Crippen LogP contribution in [0, 0.1) is 0 Å². The summed E-state index contributed by atoms with van der Waals surface area (Å²) in [7, 11) is 0. The number of aliphatic hydroxyl groups is 1. The fraction of sp³-hybridized carbons (Fsp3) is 0.333. The van der Waals surface area contributed by atoms with Crippen LogP contribution in [0.1, 0.15) is 30.5 Å². The van der Waals surface area contributed by atoms with Gasteiger partial charge in [-0.25, -0.2) is 0 Å². The Balaban J connectivity index is 1.94. The summed E-state index contributed by atoms with van der Waals surface area (Å²) in [5.74, 6) is 0. The molecule has 1 unspecified atom stereocenters. The van der Waals surface area contributed by atoms with Crippen molar-refractivity contribution >= 4 is 0 Å². The van der Waals surface area contributed by atoms with Gasteiger partial charge in [0.2, 0.25) is 0 Å². The normalized spacial score (nSPS) is 15.6. The van der Waals surface area contributed by atoms with E-state index in [4.69, 9.17) is 0 Å². The van der Waals surface area contributed by atoms with Crippen LogP contribution in [0.5, 0.6) is 0 Å². The minimum absolute atomic E-state index is 0.579. The van der Waals surface area contributed by atoms with Gasteiger partial charge in [-0.1, -0.05) is 49.4 Å². The van der Waals surface area contributed by atoms with Gasteiger partial charge >= 0.3 is 0 Å². The molecule has 2 aromatic carbocycles. The third kappa shape index (κ3) is 2.26. The number of hydrogen-bond acceptors (Lipinski definition) is 2. The highest BCUT2D eigenvalue weighted by molar-refractivity contribution is 5.77. The molecule has 0 saturated heterocycles. The quantitative estimate of drug-likeness (QED) is 0.761. The van der Waals surface area contributed by atoms with Crippen LogP contribution in [-0.4, -0.2) is 18.2 Å². The Labute approximate surface area is 120 Å². The van der Waals surface area contributed by atoms with Crippen LogP contribution in [-0.2, 0) is 12.0 Å². The maximum absolute atomic E-state index is 10.6. The van der Waals surface area contributed by atoms with E-state index in [1.54, 1.807) is 0 Å². The zero-order valence-corrected chi connectivity index (χ0v) is 12.1. The van der Waals surface area contributed by atoms with Crippen LogP contribution in [0.25, 0.3) is 11.1 Å². The van der Waals surface area contributed by atoms with E-state index in [0.717, 1.165) is 18.5 Å². The van der Waals surface area contributed by atoms with Gasteiger partial charge in [-0.05, 0) is 47.7 Å². The van der Waals surface area contributed by atoms with Gasteiger partial charge in [0.25, 0.3) is 0 Å². The first-order chi connectivity index (χ1) is 9.62. The summed E-state index contributed by atoms with van der Waals surface area (Å²) in [5, 5.41) is 13.8. The van der Waals surface area contributed by atoms with Crippen molar-refractivity contribution in [1.29, 1.82) is 0 Å². The summed E-state index contributed by atoms with van der Waals surface area (Å²) in [6, 6.07) is 14.9. The molecule has 1 aliphatic rings. The zero-order chi connectivity index (χ0) is 14.2. The molecule has 0 radical (unpaired) electrons. The smallest absolute Gasteiger partial charge is 0.0992 e. The molecule has 0 amide bonds. The summed E-state index contributed by atoms with van der Waals surface area (Å²) in [4.78, 5) is 0. The molecule has 3 rings (SSSR count). The van der Waals surface area contributed by atoms with Crippen molar-refractivity contribution in [2.24, 2.45) is 0 Å². The number of benzene rings is 2. The second kappa shape index (κ2) is 5.04. The van der Waals surface area contributed by atoms with Gasteiger partial charge in [0, 0.05) is 6.54 Å². The summed E-state index contributed by atoms with van der Waals surface area (Å²) < 4.78 is 0. The first-order valence-corrected chi connectivity index (χ1v) is 7.26. The average Bonchev–Trinajstić information content (AvgIpc) is 2.83. The van der Waals surface area contributed by atoms with E-state index in [1.165, 1.54) is 22.3 Å². The fourth-order valence-electron chi connectivity index (χ4n) is 2.95. The number of hydrogen-bond donors (Lipinski definition) is 2. The van der Waals surface area contributed by atoms with Gasteiger partial charge in [0.15, 0.2) is 0 Å². The first-order valence-electron chi connectivity index (χ1n) is 7.26. The second-order valence-electron chi connectivity index (χ2n) is 5.76. The third-order valence-corrected chi connectivity index (χ3v) is 4.13. The summed E-state index contributed by atoms with van der Waals surface area (Å²) in [5.41, 5.74) is 5.51. The lowest BCUT2D eigenvalue weighted by Gasteiger charge is -2.25. The lowest BCUT2D eigenvalue weighted by Crippen LogP contribution is -2.35. The minimum atomic E-state index is -0.820. The Kier molecular flexibility index (Phi) is 3.36. The first kappa shape index (κ1) is 13.3. The third-order valence-electron chi connectivity index (χ3n) is 4.13. The molecule has 0 spiro atoms. The SMILES string of the molecule is CCNCC(C)(O)c1ccc2c(c1)Cc1ccccc1-2. The predicted molar refractivity (Wildman–Crippen MR) is 82.8 cm³/mol. The van der Waals surface area contributed by atoms with Gasteiger partial charge in [-0.2, -0.15) is 0 Å². The molecule has 0 aromatic heterocycles. The molecule has 2 aromatic rings. The Morgan fingerprint density at radius 1 is 1.10 bits per heavy atom. The molecule has 0 aliphatic heterocycles. The van der Waals surface area contributed by atoms with E-state index < -0.39 is 5.60 Å². The molecular weight excluding hydrogens is 246 g/mol. The van der Waals surface area contributed by atoms with Crippen molar-refractivity contribution in [3.63, 3.8) is 0 Å². The Bertz CT molecular complexity index is 631. The molecular formula is C18H21NO. The lowest BCUT2D eigenvalue weighted by atomic mass is 9.92. The van der Waals surface area contributed by atoms with E-state index in [-0.39, 0.29) is 0 Å². The molecule has 0 saturated carbocycles. The summed E-state index contributed by atoms with van der Waals surface area (Å²) >= 11 is 0. The Hall–Kier alpha value is -1.64. The van der Waals surface area contributed by atoms with Gasteiger partial charge in [0.1, 0.15) is 0 Å². The van der Waals surface area contributed by atoms with E-state index in [1.807, 2.05) is 6.92 Å². The highest BCUT2D eigenvalue weighted by Gasteiger charge is 2.25. The average molecular weight is 267 g/mol. The van der Waals surface area contributed by atoms with Crippen LogP contribution >= 0.6 is 0 Å². The van der Waals surface area contributed by atoms with E-state index in [0.29, 0.717) is 6.54 Å². The van der Waals surface area contributed by atoms with E-state index >= 15 is 0 Å². The van der Waals surface area contributed by atoms with Crippen LogP contribution in [0.3, 0.4) is 0 Å². The second-order valence-corrected chi connectivity index (χ2v) is 5.76.